The Morgan fingerprint density at radius 2 is 2.00 bits per heavy atom. The fourth-order valence-electron chi connectivity index (χ4n) is 2.52. The van der Waals surface area contributed by atoms with E-state index in [4.69, 9.17) is 0 Å². The van der Waals surface area contributed by atoms with Crippen molar-refractivity contribution in [1.29, 1.82) is 0 Å². The molecule has 2 nitrogen and oxygen atoms in total. The Bertz CT molecular complexity index is 683. The van der Waals surface area contributed by atoms with Crippen LogP contribution < -0.4 is 26.5 Å². The second-order valence-electron chi connectivity index (χ2n) is 5.44. The summed E-state index contributed by atoms with van der Waals surface area (Å²) in [5.74, 6) is 0.155. The number of hydrogen-bond donors (Lipinski definition) is 1. The van der Waals surface area contributed by atoms with Crippen molar-refractivity contribution in [3.05, 3.63) is 52.5 Å². The van der Waals surface area contributed by atoms with E-state index in [0.29, 0.717) is 10.3 Å². The number of amides is 1. The fraction of sp³-hybridized carbons (Fsp3) is 0.278. The molecule has 116 valence electrons. The molecule has 1 unspecified atom stereocenters. The Morgan fingerprint density at radius 1 is 1.27 bits per heavy atom. The summed E-state index contributed by atoms with van der Waals surface area (Å²) in [4.78, 5) is 12.4. The first-order chi connectivity index (χ1) is 10.6. The Labute approximate surface area is 150 Å². The maximum atomic E-state index is 12.4. The van der Waals surface area contributed by atoms with Crippen molar-refractivity contribution >= 4 is 27.5 Å². The fourth-order valence-corrected chi connectivity index (χ4v) is 5.06. The van der Waals surface area contributed by atoms with Crippen molar-refractivity contribution in [2.75, 3.05) is 9.74 Å². The Kier molecular flexibility index (Phi) is 5.18. The second kappa shape index (κ2) is 7.13. The van der Waals surface area contributed by atoms with Crippen molar-refractivity contribution in [3.63, 3.8) is 0 Å². The zero-order chi connectivity index (χ0) is 15.5. The van der Waals surface area contributed by atoms with Crippen molar-refractivity contribution in [3.8, 4) is 11.1 Å². The van der Waals surface area contributed by atoms with E-state index in [2.05, 4.69) is 39.4 Å². The van der Waals surface area contributed by atoms with E-state index in [-0.39, 0.29) is 27.1 Å². The molecule has 4 heteroatoms. The monoisotopic (exact) mass is 470 g/mol. The first-order valence-corrected chi connectivity index (χ1v) is 10.9. The number of carbonyl (C=O) groups excluding carboxylic acids is 1. The molecule has 2 aromatic carbocycles. The van der Waals surface area contributed by atoms with E-state index in [0.717, 1.165) is 26.9 Å². The van der Waals surface area contributed by atoms with Gasteiger partial charge in [0.25, 0.3) is 0 Å². The Morgan fingerprint density at radius 3 is 2.64 bits per heavy atom. The van der Waals surface area contributed by atoms with Crippen LogP contribution in [0.4, 0.5) is 5.69 Å². The van der Waals surface area contributed by atoms with Gasteiger partial charge in [-0.25, -0.2) is 0 Å². The third kappa shape index (κ3) is 3.54. The molecule has 3 rings (SSSR count). The number of benzene rings is 2. The number of halogens is 2. The molecule has 0 spiro atoms. The third-order valence-electron chi connectivity index (χ3n) is 3.90. The van der Waals surface area contributed by atoms with Crippen LogP contribution in [0.2, 0.25) is 0 Å². The van der Waals surface area contributed by atoms with Gasteiger partial charge in [-0.2, -0.15) is 0 Å². The predicted octanol–water partition coefficient (Wildman–Crippen LogP) is 1.61. The number of rotatable bonds is 4. The molecule has 0 bridgehead atoms. The molecule has 0 aromatic heterocycles. The minimum absolute atomic E-state index is 0.155. The molecular formula is C18H18BrINO-. The summed E-state index contributed by atoms with van der Waals surface area (Å²) in [6, 6.07) is 14.3. The van der Waals surface area contributed by atoms with Gasteiger partial charge in [0.15, 0.2) is 0 Å². The summed E-state index contributed by atoms with van der Waals surface area (Å²) in [6.45, 7) is 2.04. The van der Waals surface area contributed by atoms with Gasteiger partial charge >= 0.3 is 151 Å². The topological polar surface area (TPSA) is 29.1 Å². The van der Waals surface area contributed by atoms with Gasteiger partial charge in [-0.15, -0.1) is 0 Å². The van der Waals surface area contributed by atoms with Crippen LogP contribution in [-0.2, 0) is 4.79 Å². The van der Waals surface area contributed by atoms with Gasteiger partial charge in [0.2, 0.25) is 0 Å². The van der Waals surface area contributed by atoms with E-state index in [1.165, 1.54) is 10.8 Å². The summed E-state index contributed by atoms with van der Waals surface area (Å²) in [5, 5.41) is 3.17. The molecule has 2 aromatic rings. The number of alkyl halides is 2. The van der Waals surface area contributed by atoms with Crippen molar-refractivity contribution in [2.24, 2.45) is 0 Å². The van der Waals surface area contributed by atoms with Crippen molar-refractivity contribution in [1.82, 2.24) is 0 Å². The summed E-state index contributed by atoms with van der Waals surface area (Å²) in [5.41, 5.74) is 4.23. The van der Waals surface area contributed by atoms with Crippen LogP contribution in [-0.4, -0.2) is 14.3 Å². The van der Waals surface area contributed by atoms with Crippen LogP contribution in [0, 0.1) is 6.92 Å². The molecule has 1 aliphatic rings. The molecule has 1 fully saturated rings. The van der Waals surface area contributed by atoms with Gasteiger partial charge in [0.1, 0.15) is 0 Å². The molecule has 0 aliphatic carbocycles. The van der Waals surface area contributed by atoms with Gasteiger partial charge in [0, 0.05) is 0 Å². The van der Waals surface area contributed by atoms with E-state index in [1.54, 1.807) is 0 Å². The molecule has 1 N–H and O–H groups in total. The van der Waals surface area contributed by atoms with Crippen LogP contribution in [0.15, 0.2) is 46.9 Å². The maximum absolute atomic E-state index is 12.4. The summed E-state index contributed by atoms with van der Waals surface area (Å²) >= 11 is 3.85. The summed E-state index contributed by atoms with van der Waals surface area (Å²) in [6.07, 6.45) is 1.93. The number of carbonyl (C=O) groups is 1. The zero-order valence-corrected chi connectivity index (χ0v) is 16.1. The van der Waals surface area contributed by atoms with Crippen LogP contribution in [0.1, 0.15) is 18.4 Å². The normalized spacial score (nSPS) is 17.3. The van der Waals surface area contributed by atoms with E-state index in [9.17, 15) is 4.79 Å². The molecule has 1 saturated heterocycles. The van der Waals surface area contributed by atoms with Crippen molar-refractivity contribution < 1.29 is 26.0 Å². The van der Waals surface area contributed by atoms with Crippen LogP contribution >= 0.6 is 15.9 Å². The van der Waals surface area contributed by atoms with Gasteiger partial charge in [-0.1, -0.05) is 0 Å². The zero-order valence-electron chi connectivity index (χ0n) is 12.4. The minimum atomic E-state index is 0.155. The summed E-state index contributed by atoms with van der Waals surface area (Å²) < 4.78 is 3.09. The van der Waals surface area contributed by atoms with Crippen LogP contribution in [0.5, 0.6) is 0 Å². The van der Waals surface area contributed by atoms with Crippen LogP contribution in [0.3, 0.4) is 0 Å². The average Bonchev–Trinajstić information content (AvgIpc) is 2.49. The van der Waals surface area contributed by atoms with E-state index < -0.39 is 0 Å². The Balaban J connectivity index is 1.90. The molecule has 0 saturated carbocycles. The van der Waals surface area contributed by atoms with Gasteiger partial charge < -0.3 is 0 Å². The average molecular weight is 471 g/mol. The molecule has 0 radical (unpaired) electrons. The van der Waals surface area contributed by atoms with Gasteiger partial charge in [0.05, 0.1) is 0 Å². The molecule has 22 heavy (non-hydrogen) atoms. The molecule has 1 amide bonds. The summed E-state index contributed by atoms with van der Waals surface area (Å²) in [7, 11) is 0. The first-order valence-electron chi connectivity index (χ1n) is 7.37. The number of hydrogen-bond acceptors (Lipinski definition) is 1. The molecular weight excluding hydrogens is 453 g/mol. The Hall–Kier alpha value is -0.880. The predicted molar refractivity (Wildman–Crippen MR) is 90.8 cm³/mol. The number of anilines is 1. The quantitative estimate of drug-likeness (QED) is 0.534. The molecule has 1 atom stereocenters. The van der Waals surface area contributed by atoms with Gasteiger partial charge in [-0.3, -0.25) is 0 Å². The van der Waals surface area contributed by atoms with Crippen molar-refractivity contribution in [2.45, 2.75) is 23.7 Å². The molecule has 1 aliphatic heterocycles. The molecule has 1 heterocycles. The SMILES string of the molecule is Cc1c(Br)ccc(-c2ccccc2)c1NC(=O)CC1CC[I-]1. The van der Waals surface area contributed by atoms with E-state index >= 15 is 0 Å². The first kappa shape index (κ1) is 16.0. The van der Waals surface area contributed by atoms with Gasteiger partial charge in [-0.05, 0) is 0 Å². The standard InChI is InChI=1S/C18H18BrINO/c1-12-16(19)8-7-15(13-5-3-2-4-6-13)18(12)21-17(22)11-14-9-10-20-14/h2-8,14H,9-11H2,1H3,(H,21,22)/q-1. The second-order valence-corrected chi connectivity index (χ2v) is 10.0. The number of nitrogens with one attached hydrogen (secondary N) is 1. The third-order valence-corrected chi connectivity index (χ3v) is 8.32. The van der Waals surface area contributed by atoms with E-state index in [1.807, 2.05) is 31.2 Å². The van der Waals surface area contributed by atoms with Crippen LogP contribution in [0.25, 0.3) is 11.1 Å².